The summed E-state index contributed by atoms with van der Waals surface area (Å²) >= 11 is 1.55. The summed E-state index contributed by atoms with van der Waals surface area (Å²) in [5.41, 5.74) is 1.64. The summed E-state index contributed by atoms with van der Waals surface area (Å²) in [5.74, 6) is 0.109. The highest BCUT2D eigenvalue weighted by Crippen LogP contribution is 2.44. The van der Waals surface area contributed by atoms with Gasteiger partial charge in [-0.2, -0.15) is 13.2 Å². The Kier molecular flexibility index (Phi) is 6.89. The van der Waals surface area contributed by atoms with Gasteiger partial charge in [-0.05, 0) is 48.1 Å². The first-order valence-electron chi connectivity index (χ1n) is 9.85. The molecule has 2 aromatic carbocycles. The van der Waals surface area contributed by atoms with Gasteiger partial charge in [-0.15, -0.1) is 11.8 Å². The maximum atomic E-state index is 13.1. The van der Waals surface area contributed by atoms with Crippen LogP contribution in [0.1, 0.15) is 53.2 Å². The van der Waals surface area contributed by atoms with Crippen LogP contribution in [-0.4, -0.2) is 29.9 Å². The SMILES string of the molecule is CCOC(=O)c1[nH]c2ccc(OC)cc2c1C(SC(C)C)c1ccc(C(F)(F)F)cc1. The second kappa shape index (κ2) is 9.26. The smallest absolute Gasteiger partial charge is 0.416 e. The van der Waals surface area contributed by atoms with Crippen LogP contribution >= 0.6 is 11.8 Å². The minimum Gasteiger partial charge on any atom is -0.497 e. The number of methoxy groups -OCH3 is 1. The number of aromatic nitrogens is 1. The van der Waals surface area contributed by atoms with Crippen LogP contribution < -0.4 is 4.74 Å². The van der Waals surface area contributed by atoms with Crippen molar-refractivity contribution in [2.45, 2.75) is 37.4 Å². The molecule has 0 bridgehead atoms. The highest BCUT2D eigenvalue weighted by molar-refractivity contribution is 8.00. The van der Waals surface area contributed by atoms with E-state index < -0.39 is 17.7 Å². The lowest BCUT2D eigenvalue weighted by atomic mass is 9.99. The van der Waals surface area contributed by atoms with Crippen LogP contribution in [0, 0.1) is 0 Å². The average Bonchev–Trinajstić information content (AvgIpc) is 3.10. The largest absolute Gasteiger partial charge is 0.497 e. The topological polar surface area (TPSA) is 51.3 Å². The van der Waals surface area contributed by atoms with Crippen LogP contribution in [0.2, 0.25) is 0 Å². The standard InChI is InChI=1S/C23H24F3NO3S/c1-5-30-22(28)20-19(17-12-16(29-4)10-11-18(17)27-20)21(31-13(2)3)14-6-8-15(9-7-14)23(24,25)26/h6-13,21,27H,5H2,1-4H3. The van der Waals surface area contributed by atoms with Gasteiger partial charge in [0.05, 0.1) is 24.5 Å². The van der Waals surface area contributed by atoms with Gasteiger partial charge in [-0.3, -0.25) is 0 Å². The fraction of sp³-hybridized carbons (Fsp3) is 0.348. The molecule has 0 fully saturated rings. The summed E-state index contributed by atoms with van der Waals surface area (Å²) in [5, 5.41) is 0.529. The summed E-state index contributed by atoms with van der Waals surface area (Å²) in [4.78, 5) is 15.9. The molecule has 1 atom stereocenters. The summed E-state index contributed by atoms with van der Waals surface area (Å²) in [6.07, 6.45) is -4.41. The molecule has 0 saturated carbocycles. The number of hydrogen-bond acceptors (Lipinski definition) is 4. The lowest BCUT2D eigenvalue weighted by Gasteiger charge is -2.21. The molecule has 8 heteroatoms. The zero-order chi connectivity index (χ0) is 22.8. The van der Waals surface area contributed by atoms with Crippen molar-refractivity contribution in [2.24, 2.45) is 0 Å². The van der Waals surface area contributed by atoms with Crippen molar-refractivity contribution in [3.05, 3.63) is 64.8 Å². The third-order valence-corrected chi connectivity index (χ3v) is 6.06. The molecular weight excluding hydrogens is 427 g/mol. The van der Waals surface area contributed by atoms with Crippen molar-refractivity contribution < 1.29 is 27.4 Å². The number of ether oxygens (including phenoxy) is 2. The van der Waals surface area contributed by atoms with Crippen molar-refractivity contribution in [3.8, 4) is 5.75 Å². The van der Waals surface area contributed by atoms with Crippen LogP contribution in [0.5, 0.6) is 5.75 Å². The number of hydrogen-bond donors (Lipinski definition) is 1. The van der Waals surface area contributed by atoms with E-state index in [0.29, 0.717) is 22.6 Å². The fourth-order valence-electron chi connectivity index (χ4n) is 3.39. The third-order valence-electron chi connectivity index (χ3n) is 4.74. The van der Waals surface area contributed by atoms with Crippen LogP contribution in [0.4, 0.5) is 13.2 Å². The molecule has 0 radical (unpaired) electrons. The number of aromatic amines is 1. The second-order valence-corrected chi connectivity index (χ2v) is 8.92. The molecule has 0 aliphatic heterocycles. The minimum absolute atomic E-state index is 0.151. The van der Waals surface area contributed by atoms with E-state index in [2.05, 4.69) is 4.98 Å². The molecule has 1 aromatic heterocycles. The number of nitrogens with one attached hydrogen (secondary N) is 1. The fourth-order valence-corrected chi connectivity index (χ4v) is 4.63. The summed E-state index contributed by atoms with van der Waals surface area (Å²) < 4.78 is 49.8. The second-order valence-electron chi connectivity index (χ2n) is 7.23. The molecule has 166 valence electrons. The Balaban J connectivity index is 2.23. The number of H-pyrrole nitrogens is 1. The Bertz CT molecular complexity index is 1060. The first-order valence-corrected chi connectivity index (χ1v) is 10.8. The minimum atomic E-state index is -4.41. The monoisotopic (exact) mass is 451 g/mol. The molecule has 0 spiro atoms. The van der Waals surface area contributed by atoms with Crippen molar-refractivity contribution in [1.29, 1.82) is 0 Å². The first-order chi connectivity index (χ1) is 14.7. The third kappa shape index (κ3) is 5.01. The van der Waals surface area contributed by atoms with Gasteiger partial charge in [0.15, 0.2) is 0 Å². The summed E-state index contributed by atoms with van der Waals surface area (Å²) in [6.45, 7) is 5.93. The van der Waals surface area contributed by atoms with E-state index in [1.807, 2.05) is 26.0 Å². The van der Waals surface area contributed by atoms with E-state index in [1.54, 1.807) is 31.9 Å². The predicted octanol–water partition coefficient (Wildman–Crippen LogP) is 6.60. The van der Waals surface area contributed by atoms with E-state index in [4.69, 9.17) is 9.47 Å². The quantitative estimate of drug-likeness (QED) is 0.411. The molecule has 1 unspecified atom stereocenters. The number of esters is 1. The Morgan fingerprint density at radius 3 is 2.35 bits per heavy atom. The van der Waals surface area contributed by atoms with Crippen molar-refractivity contribution in [1.82, 2.24) is 4.98 Å². The Labute approximate surface area is 183 Å². The lowest BCUT2D eigenvalue weighted by molar-refractivity contribution is -0.137. The Hall–Kier alpha value is -2.61. The number of thioether (sulfide) groups is 1. The van der Waals surface area contributed by atoms with Gasteiger partial charge >= 0.3 is 12.1 Å². The molecule has 0 saturated heterocycles. The van der Waals surface area contributed by atoms with E-state index >= 15 is 0 Å². The maximum Gasteiger partial charge on any atom is 0.416 e. The van der Waals surface area contributed by atoms with Crippen molar-refractivity contribution in [2.75, 3.05) is 13.7 Å². The van der Waals surface area contributed by atoms with Gasteiger partial charge in [0.25, 0.3) is 0 Å². The van der Waals surface area contributed by atoms with Crippen LogP contribution in [0.3, 0.4) is 0 Å². The molecule has 1 heterocycles. The maximum absolute atomic E-state index is 13.1. The molecule has 3 aromatic rings. The molecular formula is C23H24F3NO3S. The van der Waals surface area contributed by atoms with E-state index in [1.165, 1.54) is 12.1 Å². The highest BCUT2D eigenvalue weighted by Gasteiger charge is 2.32. The molecule has 0 aliphatic rings. The molecule has 31 heavy (non-hydrogen) atoms. The van der Waals surface area contributed by atoms with Gasteiger partial charge in [0.2, 0.25) is 0 Å². The van der Waals surface area contributed by atoms with Crippen LogP contribution in [-0.2, 0) is 10.9 Å². The lowest BCUT2D eigenvalue weighted by Crippen LogP contribution is -2.11. The Morgan fingerprint density at radius 1 is 1.13 bits per heavy atom. The summed E-state index contributed by atoms with van der Waals surface area (Å²) in [6, 6.07) is 10.5. The van der Waals surface area contributed by atoms with Gasteiger partial charge in [0.1, 0.15) is 11.4 Å². The van der Waals surface area contributed by atoms with E-state index in [0.717, 1.165) is 23.0 Å². The number of fused-ring (bicyclic) bond motifs is 1. The van der Waals surface area contributed by atoms with Crippen molar-refractivity contribution >= 4 is 28.6 Å². The van der Waals surface area contributed by atoms with Crippen LogP contribution in [0.15, 0.2) is 42.5 Å². The number of halogens is 3. The van der Waals surface area contributed by atoms with Gasteiger partial charge in [0, 0.05) is 16.5 Å². The highest BCUT2D eigenvalue weighted by atomic mass is 32.2. The van der Waals surface area contributed by atoms with Gasteiger partial charge in [-0.1, -0.05) is 26.0 Å². The number of carbonyl (C=O) groups is 1. The Morgan fingerprint density at radius 2 is 1.81 bits per heavy atom. The van der Waals surface area contributed by atoms with Gasteiger partial charge in [-0.25, -0.2) is 4.79 Å². The van der Waals surface area contributed by atoms with E-state index in [-0.39, 0.29) is 17.1 Å². The van der Waals surface area contributed by atoms with E-state index in [9.17, 15) is 18.0 Å². The molecule has 0 amide bonds. The molecule has 3 rings (SSSR count). The predicted molar refractivity (Wildman–Crippen MR) is 117 cm³/mol. The number of benzene rings is 2. The van der Waals surface area contributed by atoms with Crippen LogP contribution in [0.25, 0.3) is 10.9 Å². The summed E-state index contributed by atoms with van der Waals surface area (Å²) in [7, 11) is 1.55. The molecule has 4 nitrogen and oxygen atoms in total. The number of rotatable bonds is 7. The average molecular weight is 452 g/mol. The normalized spacial score (nSPS) is 12.9. The number of carbonyl (C=O) groups excluding carboxylic acids is 1. The zero-order valence-corrected chi connectivity index (χ0v) is 18.5. The van der Waals surface area contributed by atoms with Crippen molar-refractivity contribution in [3.63, 3.8) is 0 Å². The first kappa shape index (κ1) is 23.1. The van der Waals surface area contributed by atoms with Gasteiger partial charge < -0.3 is 14.5 Å². The molecule has 1 N–H and O–H groups in total. The number of alkyl halides is 3. The molecule has 0 aliphatic carbocycles. The zero-order valence-electron chi connectivity index (χ0n) is 17.7.